The van der Waals surface area contributed by atoms with Gasteiger partial charge in [0.15, 0.2) is 0 Å². The summed E-state index contributed by atoms with van der Waals surface area (Å²) in [6.45, 7) is 3.88. The summed E-state index contributed by atoms with van der Waals surface area (Å²) in [6.07, 6.45) is 0.674. The first-order valence-electron chi connectivity index (χ1n) is 13.2. The number of nitrogens with zero attached hydrogens (tertiary/aromatic N) is 5. The second-order valence-corrected chi connectivity index (χ2v) is 11.9. The Morgan fingerprint density at radius 2 is 1.73 bits per heavy atom. The Labute approximate surface area is 243 Å². The topological polar surface area (TPSA) is 99.8 Å². The highest BCUT2D eigenvalue weighted by Crippen LogP contribution is 2.27. The highest BCUT2D eigenvalue weighted by atomic mass is 35.5. The van der Waals surface area contributed by atoms with Gasteiger partial charge >= 0.3 is 0 Å². The van der Waals surface area contributed by atoms with E-state index in [-0.39, 0.29) is 53.6 Å². The normalized spacial score (nSPS) is 14.3. The second-order valence-electron chi connectivity index (χ2n) is 9.60. The van der Waals surface area contributed by atoms with Crippen LogP contribution in [0.3, 0.4) is 0 Å². The van der Waals surface area contributed by atoms with Gasteiger partial charge in [-0.15, -0.1) is 10.2 Å². The highest BCUT2D eigenvalue weighted by Gasteiger charge is 2.30. The molecule has 0 spiro atoms. The van der Waals surface area contributed by atoms with E-state index in [2.05, 4.69) is 10.2 Å². The fraction of sp³-hybridized carbons (Fsp3) is 0.276. The highest BCUT2D eigenvalue weighted by molar-refractivity contribution is 7.89. The molecule has 1 amide bonds. The van der Waals surface area contributed by atoms with Crippen molar-refractivity contribution < 1.29 is 22.0 Å². The molecule has 0 bridgehead atoms. The number of anilines is 1. The number of amides is 1. The third-order valence-corrected chi connectivity index (χ3v) is 9.05. The van der Waals surface area contributed by atoms with E-state index in [1.165, 1.54) is 28.6 Å². The summed E-state index contributed by atoms with van der Waals surface area (Å²) in [6, 6.07) is 19.3. The van der Waals surface area contributed by atoms with Crippen molar-refractivity contribution in [1.82, 2.24) is 19.4 Å². The quantitative estimate of drug-likeness (QED) is 0.265. The van der Waals surface area contributed by atoms with Crippen LogP contribution < -0.4 is 4.90 Å². The van der Waals surface area contributed by atoms with Crippen LogP contribution in [0.5, 0.6) is 0 Å². The average Bonchev–Trinajstić information content (AvgIpc) is 3.45. The zero-order chi connectivity index (χ0) is 29.0. The van der Waals surface area contributed by atoms with E-state index in [0.29, 0.717) is 36.6 Å². The minimum absolute atomic E-state index is 0.0498. The molecule has 41 heavy (non-hydrogen) atoms. The average molecular weight is 598 g/mol. The van der Waals surface area contributed by atoms with Crippen LogP contribution in [0.25, 0.3) is 11.5 Å². The molecule has 0 saturated carbocycles. The molecule has 1 aliphatic rings. The summed E-state index contributed by atoms with van der Waals surface area (Å²) in [5.41, 5.74) is 1.68. The number of aromatic nitrogens is 2. The van der Waals surface area contributed by atoms with Crippen LogP contribution in [-0.4, -0.2) is 66.5 Å². The molecule has 0 unspecified atom stereocenters. The number of benzene rings is 3. The fourth-order valence-electron chi connectivity index (χ4n) is 4.71. The van der Waals surface area contributed by atoms with E-state index in [0.717, 1.165) is 5.69 Å². The summed E-state index contributed by atoms with van der Waals surface area (Å²) >= 11 is 6.24. The van der Waals surface area contributed by atoms with Crippen molar-refractivity contribution in [2.75, 3.05) is 37.6 Å². The second kappa shape index (κ2) is 12.4. The standard InChI is InChI=1S/C29H29ClFN5O4S/c1-2-14-35(20-27-32-33-28(40-27)25-8-3-4-9-26(25)30)29(37)21-6-5-7-24(19-21)41(38,39)36-17-15-34(16-18-36)23-12-10-22(31)11-13-23/h3-13,19H,2,14-18,20H2,1H3. The van der Waals surface area contributed by atoms with Crippen molar-refractivity contribution in [3.8, 4) is 11.5 Å². The van der Waals surface area contributed by atoms with Crippen LogP contribution in [0.4, 0.5) is 10.1 Å². The smallest absolute Gasteiger partial charge is 0.254 e. The number of sulfonamides is 1. The van der Waals surface area contributed by atoms with Crippen LogP contribution in [0.1, 0.15) is 29.6 Å². The van der Waals surface area contributed by atoms with Gasteiger partial charge in [0, 0.05) is 44.0 Å². The Morgan fingerprint density at radius 1 is 1.00 bits per heavy atom. The molecule has 0 N–H and O–H groups in total. The lowest BCUT2D eigenvalue weighted by atomic mass is 10.2. The van der Waals surface area contributed by atoms with Gasteiger partial charge in [-0.05, 0) is 61.0 Å². The van der Waals surface area contributed by atoms with E-state index in [1.54, 1.807) is 47.4 Å². The van der Waals surface area contributed by atoms with Gasteiger partial charge in [0.2, 0.25) is 21.8 Å². The summed E-state index contributed by atoms with van der Waals surface area (Å²) in [4.78, 5) is 17.1. The van der Waals surface area contributed by atoms with Gasteiger partial charge in [-0.2, -0.15) is 4.31 Å². The Balaban J connectivity index is 1.29. The van der Waals surface area contributed by atoms with E-state index < -0.39 is 10.0 Å². The summed E-state index contributed by atoms with van der Waals surface area (Å²) in [7, 11) is -3.84. The molecule has 4 aromatic rings. The summed E-state index contributed by atoms with van der Waals surface area (Å²) in [5.74, 6) is -0.171. The first-order valence-corrected chi connectivity index (χ1v) is 15.1. The van der Waals surface area contributed by atoms with E-state index in [4.69, 9.17) is 16.0 Å². The van der Waals surface area contributed by atoms with Crippen molar-refractivity contribution in [2.45, 2.75) is 24.8 Å². The predicted octanol–water partition coefficient (Wildman–Crippen LogP) is 5.09. The predicted molar refractivity (Wildman–Crippen MR) is 154 cm³/mol. The van der Waals surface area contributed by atoms with Crippen LogP contribution in [0.2, 0.25) is 5.02 Å². The van der Waals surface area contributed by atoms with Crippen molar-refractivity contribution in [3.05, 3.63) is 95.1 Å². The van der Waals surface area contributed by atoms with Crippen LogP contribution >= 0.6 is 11.6 Å². The maximum absolute atomic E-state index is 13.5. The van der Waals surface area contributed by atoms with Gasteiger partial charge in [-0.3, -0.25) is 4.79 Å². The third kappa shape index (κ3) is 6.42. The van der Waals surface area contributed by atoms with Gasteiger partial charge in [0.05, 0.1) is 22.0 Å². The van der Waals surface area contributed by atoms with E-state index in [9.17, 15) is 17.6 Å². The lowest BCUT2D eigenvalue weighted by Gasteiger charge is -2.35. The Hall–Kier alpha value is -3.80. The van der Waals surface area contributed by atoms with Gasteiger partial charge in [-0.1, -0.05) is 36.7 Å². The molecule has 9 nitrogen and oxygen atoms in total. The van der Waals surface area contributed by atoms with Gasteiger partial charge in [-0.25, -0.2) is 12.8 Å². The minimum Gasteiger partial charge on any atom is -0.419 e. The monoisotopic (exact) mass is 597 g/mol. The Bertz CT molecular complexity index is 1620. The minimum atomic E-state index is -3.84. The molecule has 12 heteroatoms. The molecule has 1 saturated heterocycles. The molecule has 0 aliphatic carbocycles. The molecule has 0 atom stereocenters. The van der Waals surface area contributed by atoms with E-state index >= 15 is 0 Å². The molecule has 1 fully saturated rings. The number of rotatable bonds is 9. The van der Waals surface area contributed by atoms with Crippen LogP contribution in [-0.2, 0) is 16.6 Å². The molecule has 0 radical (unpaired) electrons. The van der Waals surface area contributed by atoms with E-state index in [1.807, 2.05) is 17.9 Å². The van der Waals surface area contributed by atoms with Crippen LogP contribution in [0, 0.1) is 5.82 Å². The fourth-order valence-corrected chi connectivity index (χ4v) is 6.39. The number of halogens is 2. The molecule has 3 aromatic carbocycles. The van der Waals surface area contributed by atoms with Crippen molar-refractivity contribution in [2.24, 2.45) is 0 Å². The van der Waals surface area contributed by atoms with Gasteiger partial charge in [0.1, 0.15) is 5.82 Å². The summed E-state index contributed by atoms with van der Waals surface area (Å²) in [5, 5.41) is 8.63. The first kappa shape index (κ1) is 28.7. The molecule has 1 aliphatic heterocycles. The largest absolute Gasteiger partial charge is 0.419 e. The number of hydrogen-bond donors (Lipinski definition) is 0. The lowest BCUT2D eigenvalue weighted by Crippen LogP contribution is -2.48. The van der Waals surface area contributed by atoms with Gasteiger partial charge < -0.3 is 14.2 Å². The maximum atomic E-state index is 13.5. The van der Waals surface area contributed by atoms with Gasteiger partial charge in [0.25, 0.3) is 5.91 Å². The molecule has 1 aromatic heterocycles. The number of carbonyl (C=O) groups excluding carboxylic acids is 1. The number of carbonyl (C=O) groups is 1. The molecular formula is C29H29ClFN5O4S. The molecule has 5 rings (SSSR count). The SMILES string of the molecule is CCCN(Cc1nnc(-c2ccccc2Cl)o1)C(=O)c1cccc(S(=O)(=O)N2CCN(c3ccc(F)cc3)CC2)c1. The molecule has 2 heterocycles. The summed E-state index contributed by atoms with van der Waals surface area (Å²) < 4.78 is 47.5. The first-order chi connectivity index (χ1) is 19.8. The Morgan fingerprint density at radius 3 is 2.44 bits per heavy atom. The van der Waals surface area contributed by atoms with Crippen molar-refractivity contribution in [3.63, 3.8) is 0 Å². The maximum Gasteiger partial charge on any atom is 0.254 e. The van der Waals surface area contributed by atoms with Crippen molar-refractivity contribution >= 4 is 33.2 Å². The molecular weight excluding hydrogens is 569 g/mol. The Kier molecular flexibility index (Phi) is 8.67. The van der Waals surface area contributed by atoms with Crippen molar-refractivity contribution in [1.29, 1.82) is 0 Å². The zero-order valence-electron chi connectivity index (χ0n) is 22.4. The van der Waals surface area contributed by atoms with Crippen LogP contribution in [0.15, 0.2) is 82.1 Å². The lowest BCUT2D eigenvalue weighted by molar-refractivity contribution is 0.0728. The molecule has 214 valence electrons. The number of hydrogen-bond acceptors (Lipinski definition) is 7. The number of piperazine rings is 1. The zero-order valence-corrected chi connectivity index (χ0v) is 24.0. The third-order valence-electron chi connectivity index (χ3n) is 6.83.